The van der Waals surface area contributed by atoms with Gasteiger partial charge in [-0.3, -0.25) is 14.5 Å². The van der Waals surface area contributed by atoms with E-state index in [1.54, 1.807) is 13.8 Å². The van der Waals surface area contributed by atoms with E-state index in [2.05, 4.69) is 5.92 Å². The number of aryl methyl sites for hydroxylation is 1. The van der Waals surface area contributed by atoms with Gasteiger partial charge in [-0.25, -0.2) is 13.8 Å². The van der Waals surface area contributed by atoms with Gasteiger partial charge in [-0.05, 0) is 19.4 Å². The van der Waals surface area contributed by atoms with E-state index in [1.807, 2.05) is 0 Å². The van der Waals surface area contributed by atoms with Gasteiger partial charge in [0.15, 0.2) is 12.4 Å². The molecule has 1 aromatic carbocycles. The summed E-state index contributed by atoms with van der Waals surface area (Å²) >= 11 is 0. The lowest BCUT2D eigenvalue weighted by atomic mass is 10.1. The predicted molar refractivity (Wildman–Crippen MR) is 97.9 cm³/mol. The molecule has 0 saturated carbocycles. The Hall–Kier alpha value is -3.34. The molecular weight excluding hydrogens is 353 g/mol. The first-order valence-electron chi connectivity index (χ1n) is 8.37. The minimum absolute atomic E-state index is 0.119. The van der Waals surface area contributed by atoms with Gasteiger partial charge in [0.2, 0.25) is 0 Å². The Balaban J connectivity index is 2.30. The van der Waals surface area contributed by atoms with E-state index < -0.39 is 29.0 Å². The largest absolute Gasteiger partial charge is 0.481 e. The number of benzene rings is 1. The lowest BCUT2D eigenvalue weighted by molar-refractivity contribution is -0.121. The Kier molecular flexibility index (Phi) is 4.62. The molecule has 1 unspecified atom stereocenters. The molecule has 2 heterocycles. The fraction of sp³-hybridized carbons (Fsp3) is 0.316. The number of amides is 1. The molecule has 0 radical (unpaired) electrons. The van der Waals surface area contributed by atoms with Gasteiger partial charge < -0.3 is 9.30 Å². The van der Waals surface area contributed by atoms with Crippen molar-refractivity contribution in [2.24, 2.45) is 7.05 Å². The van der Waals surface area contributed by atoms with Crippen molar-refractivity contribution in [2.75, 3.05) is 11.5 Å². The summed E-state index contributed by atoms with van der Waals surface area (Å²) in [4.78, 5) is 38.6. The Morgan fingerprint density at radius 1 is 1.26 bits per heavy atom. The van der Waals surface area contributed by atoms with E-state index in [0.717, 1.165) is 10.6 Å². The number of carbonyl (C=O) groups excluding carboxylic acids is 1. The average molecular weight is 371 g/mol. The van der Waals surface area contributed by atoms with Crippen LogP contribution in [0.5, 0.6) is 5.75 Å². The predicted octanol–water partition coefficient (Wildman–Crippen LogP) is 0.985. The smallest absolute Gasteiger partial charge is 0.335 e. The van der Waals surface area contributed by atoms with E-state index >= 15 is 0 Å². The molecular formula is C19H18FN3O4. The van der Waals surface area contributed by atoms with Crippen molar-refractivity contribution in [3.05, 3.63) is 50.5 Å². The highest BCUT2D eigenvalue weighted by atomic mass is 19.1. The topological polar surface area (TPSA) is 73.5 Å². The van der Waals surface area contributed by atoms with Crippen LogP contribution in [-0.2, 0) is 18.3 Å². The van der Waals surface area contributed by atoms with Crippen LogP contribution in [0.1, 0.15) is 19.5 Å². The molecule has 2 aromatic rings. The summed E-state index contributed by atoms with van der Waals surface area (Å²) in [5.41, 5.74) is -0.872. The molecule has 1 aromatic heterocycles. The van der Waals surface area contributed by atoms with Crippen molar-refractivity contribution in [3.8, 4) is 23.8 Å². The van der Waals surface area contributed by atoms with Gasteiger partial charge in [-0.15, -0.1) is 6.42 Å². The normalized spacial score (nSPS) is 14.3. The number of carbonyl (C=O) groups is 1. The maximum Gasteiger partial charge on any atom is 0.335 e. The number of nitrogens with zero attached hydrogens (tertiary/aromatic N) is 3. The zero-order valence-electron chi connectivity index (χ0n) is 15.2. The van der Waals surface area contributed by atoms with E-state index in [0.29, 0.717) is 12.1 Å². The number of fused-ring (bicyclic) bond motifs is 1. The van der Waals surface area contributed by atoms with Gasteiger partial charge in [0.1, 0.15) is 5.75 Å². The molecule has 27 heavy (non-hydrogen) atoms. The maximum absolute atomic E-state index is 14.7. The highest BCUT2D eigenvalue weighted by Crippen LogP contribution is 2.36. The van der Waals surface area contributed by atoms with Crippen molar-refractivity contribution in [3.63, 3.8) is 0 Å². The van der Waals surface area contributed by atoms with Crippen LogP contribution in [-0.4, -0.2) is 27.7 Å². The number of hydrogen-bond donors (Lipinski definition) is 0. The lowest BCUT2D eigenvalue weighted by Crippen LogP contribution is -2.44. The second-order valence-electron chi connectivity index (χ2n) is 6.17. The summed E-state index contributed by atoms with van der Waals surface area (Å²) in [5.74, 6) is 1.35. The molecule has 0 fully saturated rings. The Bertz CT molecular complexity index is 1090. The van der Waals surface area contributed by atoms with Crippen LogP contribution in [0, 0.1) is 18.2 Å². The second-order valence-corrected chi connectivity index (χ2v) is 6.17. The first-order chi connectivity index (χ1) is 12.8. The van der Waals surface area contributed by atoms with Crippen LogP contribution in [0.3, 0.4) is 0 Å². The quantitative estimate of drug-likeness (QED) is 0.754. The molecule has 1 atom stereocenters. The molecule has 0 aliphatic carbocycles. The standard InChI is InChI=1S/C19H18FN3O4/c1-5-11(3)22-15-9-14(13(20)8-16(15)27-10-18(22)25)23-17(24)7-12(6-2)21(4)19(23)26/h1,7-9,11H,6,10H2,2-4H3. The molecule has 1 aliphatic heterocycles. The number of aromatic nitrogens is 2. The number of anilines is 1. The molecule has 0 spiro atoms. The molecule has 0 saturated heterocycles. The maximum atomic E-state index is 14.7. The van der Waals surface area contributed by atoms with E-state index in [4.69, 9.17) is 11.2 Å². The van der Waals surface area contributed by atoms with Crippen LogP contribution in [0.4, 0.5) is 10.1 Å². The van der Waals surface area contributed by atoms with Crippen molar-refractivity contribution in [1.82, 2.24) is 9.13 Å². The number of terminal acetylenes is 1. The molecule has 1 amide bonds. The highest BCUT2D eigenvalue weighted by molar-refractivity contribution is 5.99. The van der Waals surface area contributed by atoms with Crippen molar-refractivity contribution >= 4 is 11.6 Å². The molecule has 0 bridgehead atoms. The van der Waals surface area contributed by atoms with Crippen LogP contribution < -0.4 is 20.9 Å². The van der Waals surface area contributed by atoms with Crippen molar-refractivity contribution < 1.29 is 13.9 Å². The number of ether oxygens (including phenoxy) is 1. The fourth-order valence-corrected chi connectivity index (χ4v) is 3.08. The molecule has 3 rings (SSSR count). The Morgan fingerprint density at radius 2 is 1.96 bits per heavy atom. The van der Waals surface area contributed by atoms with Crippen molar-refractivity contribution in [1.29, 1.82) is 0 Å². The summed E-state index contributed by atoms with van der Waals surface area (Å²) in [7, 11) is 1.51. The Labute approximate surface area is 154 Å². The molecule has 7 nitrogen and oxygen atoms in total. The van der Waals surface area contributed by atoms with E-state index in [1.165, 1.54) is 28.6 Å². The number of hydrogen-bond acceptors (Lipinski definition) is 4. The third-order valence-corrected chi connectivity index (χ3v) is 4.56. The summed E-state index contributed by atoms with van der Waals surface area (Å²) in [5, 5.41) is 0. The minimum Gasteiger partial charge on any atom is -0.481 e. The summed E-state index contributed by atoms with van der Waals surface area (Å²) in [6.45, 7) is 3.17. The van der Waals surface area contributed by atoms with Crippen LogP contribution in [0.25, 0.3) is 5.69 Å². The lowest BCUT2D eigenvalue weighted by Gasteiger charge is -2.32. The van der Waals surface area contributed by atoms with Gasteiger partial charge in [-0.1, -0.05) is 12.8 Å². The van der Waals surface area contributed by atoms with Crippen LogP contribution >= 0.6 is 0 Å². The first-order valence-corrected chi connectivity index (χ1v) is 8.37. The Morgan fingerprint density at radius 3 is 2.59 bits per heavy atom. The summed E-state index contributed by atoms with van der Waals surface area (Å²) in [6.07, 6.45) is 5.91. The second kappa shape index (κ2) is 6.76. The van der Waals surface area contributed by atoms with E-state index in [-0.39, 0.29) is 23.7 Å². The number of rotatable bonds is 3. The third kappa shape index (κ3) is 2.91. The van der Waals surface area contributed by atoms with Gasteiger partial charge in [0.25, 0.3) is 11.5 Å². The van der Waals surface area contributed by atoms with Gasteiger partial charge in [-0.2, -0.15) is 0 Å². The van der Waals surface area contributed by atoms with Gasteiger partial charge in [0, 0.05) is 24.9 Å². The zero-order valence-corrected chi connectivity index (χ0v) is 15.2. The highest BCUT2D eigenvalue weighted by Gasteiger charge is 2.31. The summed E-state index contributed by atoms with van der Waals surface area (Å²) in [6, 6.07) is 2.96. The molecule has 140 valence electrons. The van der Waals surface area contributed by atoms with Crippen molar-refractivity contribution in [2.45, 2.75) is 26.3 Å². The fourth-order valence-electron chi connectivity index (χ4n) is 3.08. The average Bonchev–Trinajstić information content (AvgIpc) is 2.64. The molecule has 0 N–H and O–H groups in total. The van der Waals surface area contributed by atoms with E-state index in [9.17, 15) is 18.8 Å². The summed E-state index contributed by atoms with van der Waals surface area (Å²) < 4.78 is 22.0. The van der Waals surface area contributed by atoms with Crippen LogP contribution in [0.15, 0.2) is 27.8 Å². The monoisotopic (exact) mass is 371 g/mol. The first kappa shape index (κ1) is 18.5. The number of halogens is 1. The third-order valence-electron chi connectivity index (χ3n) is 4.56. The SMILES string of the molecule is C#CC(C)N1C(=O)COc2cc(F)c(-n3c(=O)cc(CC)n(C)c3=O)cc21. The molecule has 1 aliphatic rings. The van der Waals surface area contributed by atoms with Gasteiger partial charge >= 0.3 is 5.69 Å². The minimum atomic E-state index is -0.820. The molecule has 8 heteroatoms. The van der Waals surface area contributed by atoms with Gasteiger partial charge in [0.05, 0.1) is 17.4 Å². The zero-order chi connectivity index (χ0) is 19.9. The van der Waals surface area contributed by atoms with Crippen LogP contribution in [0.2, 0.25) is 0 Å².